The van der Waals surface area contributed by atoms with Crippen molar-refractivity contribution in [3.05, 3.63) is 23.9 Å². The topological polar surface area (TPSA) is 21.3 Å². The van der Waals surface area contributed by atoms with E-state index in [4.69, 9.17) is 4.74 Å². The molecule has 2 heterocycles. The number of rotatable bonds is 0. The summed E-state index contributed by atoms with van der Waals surface area (Å²) in [5.41, 5.74) is 1.44. The third-order valence-corrected chi connectivity index (χ3v) is 3.53. The molecule has 13 heavy (non-hydrogen) atoms. The molecular weight excluding hydrogens is 162 g/mol. The van der Waals surface area contributed by atoms with E-state index in [0.717, 1.165) is 31.6 Å². The van der Waals surface area contributed by atoms with Gasteiger partial charge in [-0.1, -0.05) is 12.2 Å². The highest BCUT2D eigenvalue weighted by Crippen LogP contribution is 2.38. The van der Waals surface area contributed by atoms with E-state index in [1.165, 1.54) is 12.1 Å². The molecule has 0 bridgehead atoms. The molecule has 0 aromatic heterocycles. The predicted octanol–water partition coefficient (Wildman–Crippen LogP) is 1.31. The lowest BCUT2D eigenvalue weighted by Crippen LogP contribution is -2.41. The van der Waals surface area contributed by atoms with Gasteiger partial charge in [-0.2, -0.15) is 0 Å². The summed E-state index contributed by atoms with van der Waals surface area (Å²) in [6.45, 7) is 3.05. The molecular formula is C11H15NO. The number of nitrogens with one attached hydrogen (secondary N) is 1. The Hall–Kier alpha value is -0.760. The minimum atomic E-state index is 0.714. The molecule has 0 aromatic carbocycles. The average molecular weight is 177 g/mol. The highest BCUT2D eigenvalue weighted by Gasteiger charge is 2.39. The third-order valence-electron chi connectivity index (χ3n) is 3.53. The lowest BCUT2D eigenvalue weighted by molar-refractivity contribution is 0.176. The smallest absolute Gasteiger partial charge is 0.0514 e. The van der Waals surface area contributed by atoms with Gasteiger partial charge in [0.25, 0.3) is 0 Å². The van der Waals surface area contributed by atoms with E-state index in [9.17, 15) is 0 Å². The number of allylic oxidation sites excluding steroid dienone is 4. The van der Waals surface area contributed by atoms with Crippen molar-refractivity contribution in [3.8, 4) is 0 Å². The van der Waals surface area contributed by atoms with Crippen molar-refractivity contribution in [1.82, 2.24) is 5.32 Å². The number of fused-ring (bicyclic) bond motifs is 3. The second-order valence-electron chi connectivity index (χ2n) is 4.23. The number of ether oxygens (including phenoxy) is 1. The second kappa shape index (κ2) is 2.88. The number of hydrogen-bond donors (Lipinski definition) is 1. The molecule has 2 heteroatoms. The highest BCUT2D eigenvalue weighted by atomic mass is 16.5. The van der Waals surface area contributed by atoms with Crippen molar-refractivity contribution in [2.75, 3.05) is 19.8 Å². The van der Waals surface area contributed by atoms with Crippen molar-refractivity contribution >= 4 is 0 Å². The zero-order chi connectivity index (χ0) is 8.67. The van der Waals surface area contributed by atoms with Gasteiger partial charge in [-0.3, -0.25) is 0 Å². The van der Waals surface area contributed by atoms with Crippen LogP contribution >= 0.6 is 0 Å². The molecule has 70 valence electrons. The molecule has 3 unspecified atom stereocenters. The molecule has 1 N–H and O–H groups in total. The quantitative estimate of drug-likeness (QED) is 0.602. The van der Waals surface area contributed by atoms with Gasteiger partial charge in [-0.15, -0.1) is 0 Å². The summed E-state index contributed by atoms with van der Waals surface area (Å²) < 4.78 is 5.55. The molecule has 2 nitrogen and oxygen atoms in total. The maximum Gasteiger partial charge on any atom is 0.0514 e. The fourth-order valence-electron chi connectivity index (χ4n) is 2.76. The summed E-state index contributed by atoms with van der Waals surface area (Å²) in [6.07, 6.45) is 7.86. The molecule has 3 rings (SSSR count). The fraction of sp³-hybridized carbons (Fsp3) is 0.636. The van der Waals surface area contributed by atoms with Gasteiger partial charge in [0, 0.05) is 24.1 Å². The molecule has 0 amide bonds. The molecule has 1 aliphatic carbocycles. The average Bonchev–Trinajstić information content (AvgIpc) is 2.65. The third kappa shape index (κ3) is 1.12. The maximum absolute atomic E-state index is 5.55. The van der Waals surface area contributed by atoms with Crippen LogP contribution in [0, 0.1) is 17.8 Å². The van der Waals surface area contributed by atoms with E-state index in [2.05, 4.69) is 23.5 Å². The van der Waals surface area contributed by atoms with Gasteiger partial charge in [0.15, 0.2) is 0 Å². The molecule has 0 aromatic rings. The monoisotopic (exact) mass is 177 g/mol. The second-order valence-corrected chi connectivity index (χ2v) is 4.23. The normalized spacial score (nSPS) is 41.8. The first-order valence-corrected chi connectivity index (χ1v) is 5.13. The molecule has 2 fully saturated rings. The van der Waals surface area contributed by atoms with Gasteiger partial charge >= 0.3 is 0 Å². The van der Waals surface area contributed by atoms with E-state index in [1.807, 2.05) is 0 Å². The van der Waals surface area contributed by atoms with Crippen molar-refractivity contribution in [2.24, 2.45) is 17.8 Å². The molecule has 0 radical (unpaired) electrons. The standard InChI is InChI=1S/C11H15NO/c1-2-4-11-9(3-1)10-7-13-6-8(10)5-12-11/h1-2,4,8-10,12H,3,5-7H2. The van der Waals surface area contributed by atoms with Crippen molar-refractivity contribution in [1.29, 1.82) is 0 Å². The number of piperidine rings is 1. The summed E-state index contributed by atoms with van der Waals surface area (Å²) in [4.78, 5) is 0. The Kier molecular flexibility index (Phi) is 1.69. The first-order valence-electron chi connectivity index (χ1n) is 5.13. The van der Waals surface area contributed by atoms with Crippen LogP contribution in [-0.4, -0.2) is 19.8 Å². The SMILES string of the molecule is C1=CCC2C(=C1)NCC1COCC12. The van der Waals surface area contributed by atoms with Crippen LogP contribution in [0.15, 0.2) is 23.9 Å². The van der Waals surface area contributed by atoms with Crippen LogP contribution in [0.5, 0.6) is 0 Å². The van der Waals surface area contributed by atoms with Crippen molar-refractivity contribution in [3.63, 3.8) is 0 Å². The van der Waals surface area contributed by atoms with Crippen LogP contribution in [0.3, 0.4) is 0 Å². The zero-order valence-electron chi connectivity index (χ0n) is 7.70. The number of hydrogen-bond acceptors (Lipinski definition) is 2. The van der Waals surface area contributed by atoms with Gasteiger partial charge in [0.1, 0.15) is 0 Å². The van der Waals surface area contributed by atoms with E-state index in [1.54, 1.807) is 0 Å². The summed E-state index contributed by atoms with van der Waals surface area (Å²) in [7, 11) is 0. The summed E-state index contributed by atoms with van der Waals surface area (Å²) in [5.74, 6) is 2.25. The Balaban J connectivity index is 1.88. The van der Waals surface area contributed by atoms with Gasteiger partial charge in [0.2, 0.25) is 0 Å². The fourth-order valence-corrected chi connectivity index (χ4v) is 2.76. The Bertz CT molecular complexity index is 269. The van der Waals surface area contributed by atoms with Gasteiger partial charge in [0.05, 0.1) is 13.2 Å². The largest absolute Gasteiger partial charge is 0.388 e. The highest BCUT2D eigenvalue weighted by molar-refractivity contribution is 5.23. The van der Waals surface area contributed by atoms with Crippen molar-refractivity contribution in [2.45, 2.75) is 6.42 Å². The minimum Gasteiger partial charge on any atom is -0.388 e. The van der Waals surface area contributed by atoms with E-state index >= 15 is 0 Å². The molecule has 3 atom stereocenters. The minimum absolute atomic E-state index is 0.714. The van der Waals surface area contributed by atoms with Gasteiger partial charge < -0.3 is 10.1 Å². The first kappa shape index (κ1) is 7.63. The first-order chi connectivity index (χ1) is 6.45. The molecule has 2 aliphatic heterocycles. The lowest BCUT2D eigenvalue weighted by atomic mass is 9.75. The van der Waals surface area contributed by atoms with Crippen LogP contribution in [0.2, 0.25) is 0 Å². The molecule has 0 spiro atoms. The molecule has 2 saturated heterocycles. The van der Waals surface area contributed by atoms with Crippen LogP contribution < -0.4 is 5.32 Å². The lowest BCUT2D eigenvalue weighted by Gasteiger charge is -2.36. The molecule has 0 saturated carbocycles. The van der Waals surface area contributed by atoms with E-state index in [0.29, 0.717) is 5.92 Å². The molecule has 3 aliphatic rings. The Labute approximate surface area is 78.7 Å². The van der Waals surface area contributed by atoms with E-state index in [-0.39, 0.29) is 0 Å². The summed E-state index contributed by atoms with van der Waals surface area (Å²) in [6, 6.07) is 0. The summed E-state index contributed by atoms with van der Waals surface area (Å²) in [5, 5.41) is 3.52. The Morgan fingerprint density at radius 2 is 2.38 bits per heavy atom. The Morgan fingerprint density at radius 1 is 1.38 bits per heavy atom. The maximum atomic E-state index is 5.55. The van der Waals surface area contributed by atoms with Crippen LogP contribution in [-0.2, 0) is 4.74 Å². The van der Waals surface area contributed by atoms with Crippen molar-refractivity contribution < 1.29 is 4.74 Å². The zero-order valence-corrected chi connectivity index (χ0v) is 7.70. The van der Waals surface area contributed by atoms with Gasteiger partial charge in [-0.05, 0) is 18.4 Å². The Morgan fingerprint density at radius 3 is 3.38 bits per heavy atom. The van der Waals surface area contributed by atoms with E-state index < -0.39 is 0 Å². The summed E-state index contributed by atoms with van der Waals surface area (Å²) >= 11 is 0. The van der Waals surface area contributed by atoms with Crippen LogP contribution in [0.25, 0.3) is 0 Å². The van der Waals surface area contributed by atoms with Crippen LogP contribution in [0.1, 0.15) is 6.42 Å². The van der Waals surface area contributed by atoms with Crippen LogP contribution in [0.4, 0.5) is 0 Å². The van der Waals surface area contributed by atoms with Gasteiger partial charge in [-0.25, -0.2) is 0 Å². The predicted molar refractivity (Wildman–Crippen MR) is 51.1 cm³/mol.